The summed E-state index contributed by atoms with van der Waals surface area (Å²) in [6, 6.07) is 6.07. The standard InChI is InChI=1S/C16H16N4O2S2/c1-9-4-10(2)6-12(5-9)14-19-20-16(22-14)24-8-13(21)18-15-17-11(3)7-23-15/h4-7H,8H2,1-3H3,(H,17,18,21). The Kier molecular flexibility index (Phi) is 4.96. The van der Waals surface area contributed by atoms with Gasteiger partial charge in [0.15, 0.2) is 5.13 Å². The fraction of sp³-hybridized carbons (Fsp3) is 0.250. The number of hydrogen-bond acceptors (Lipinski definition) is 7. The molecule has 124 valence electrons. The molecule has 1 amide bonds. The predicted molar refractivity (Wildman–Crippen MR) is 95.4 cm³/mol. The summed E-state index contributed by atoms with van der Waals surface area (Å²) in [7, 11) is 0. The van der Waals surface area contributed by atoms with E-state index in [0.717, 1.165) is 22.4 Å². The lowest BCUT2D eigenvalue weighted by atomic mass is 10.1. The molecule has 0 aliphatic carbocycles. The number of aromatic nitrogens is 3. The van der Waals surface area contributed by atoms with E-state index in [9.17, 15) is 4.79 Å². The third-order valence-corrected chi connectivity index (χ3v) is 4.76. The molecule has 3 rings (SSSR count). The topological polar surface area (TPSA) is 80.9 Å². The summed E-state index contributed by atoms with van der Waals surface area (Å²) in [6.45, 7) is 5.92. The average Bonchev–Trinajstić information content (AvgIpc) is 3.13. The molecule has 6 nitrogen and oxygen atoms in total. The SMILES string of the molecule is Cc1cc(C)cc(-c2nnc(SCC(=O)Nc3nc(C)cs3)o2)c1. The van der Waals surface area contributed by atoms with Crippen LogP contribution in [0.25, 0.3) is 11.5 Å². The van der Waals surface area contributed by atoms with Gasteiger partial charge in [0.05, 0.1) is 11.4 Å². The third-order valence-electron chi connectivity index (χ3n) is 3.07. The van der Waals surface area contributed by atoms with Gasteiger partial charge in [0, 0.05) is 10.9 Å². The summed E-state index contributed by atoms with van der Waals surface area (Å²) in [6.07, 6.45) is 0. The highest BCUT2D eigenvalue weighted by Crippen LogP contribution is 2.25. The summed E-state index contributed by atoms with van der Waals surface area (Å²) in [5.41, 5.74) is 4.04. The first-order valence-electron chi connectivity index (χ1n) is 7.26. The molecule has 3 aromatic rings. The van der Waals surface area contributed by atoms with Crippen LogP contribution in [0.1, 0.15) is 16.8 Å². The van der Waals surface area contributed by atoms with Crippen LogP contribution in [0.5, 0.6) is 0 Å². The Morgan fingerprint density at radius 2 is 1.96 bits per heavy atom. The maximum atomic E-state index is 11.9. The van der Waals surface area contributed by atoms with Gasteiger partial charge in [0.2, 0.25) is 11.8 Å². The first kappa shape index (κ1) is 16.7. The second-order valence-electron chi connectivity index (χ2n) is 5.38. The summed E-state index contributed by atoms with van der Waals surface area (Å²) in [5.74, 6) is 0.494. The number of amides is 1. The van der Waals surface area contributed by atoms with E-state index < -0.39 is 0 Å². The molecule has 0 atom stereocenters. The molecule has 0 aliphatic heterocycles. The fourth-order valence-electron chi connectivity index (χ4n) is 2.18. The van der Waals surface area contributed by atoms with Crippen molar-refractivity contribution in [2.24, 2.45) is 0 Å². The van der Waals surface area contributed by atoms with Crippen LogP contribution in [0.3, 0.4) is 0 Å². The second kappa shape index (κ2) is 7.14. The number of thiazole rings is 1. The number of nitrogens with one attached hydrogen (secondary N) is 1. The Balaban J connectivity index is 1.60. The van der Waals surface area contributed by atoms with Crippen molar-refractivity contribution in [1.82, 2.24) is 15.2 Å². The van der Waals surface area contributed by atoms with Crippen LogP contribution in [-0.4, -0.2) is 26.8 Å². The first-order chi connectivity index (χ1) is 11.5. The van der Waals surface area contributed by atoms with Crippen molar-refractivity contribution in [2.75, 3.05) is 11.1 Å². The van der Waals surface area contributed by atoms with Crippen LogP contribution in [0, 0.1) is 20.8 Å². The molecule has 2 heterocycles. The van der Waals surface area contributed by atoms with Crippen molar-refractivity contribution in [1.29, 1.82) is 0 Å². The summed E-state index contributed by atoms with van der Waals surface area (Å²) >= 11 is 2.60. The maximum Gasteiger partial charge on any atom is 0.277 e. The summed E-state index contributed by atoms with van der Waals surface area (Å²) in [5, 5.41) is 13.6. The van der Waals surface area contributed by atoms with Crippen molar-refractivity contribution in [3.63, 3.8) is 0 Å². The molecule has 0 radical (unpaired) electrons. The third kappa shape index (κ3) is 4.21. The monoisotopic (exact) mass is 360 g/mol. The number of hydrogen-bond donors (Lipinski definition) is 1. The molecule has 1 N–H and O–H groups in total. The molecule has 0 bridgehead atoms. The van der Waals surface area contributed by atoms with Gasteiger partial charge in [-0.3, -0.25) is 4.79 Å². The van der Waals surface area contributed by atoms with Crippen molar-refractivity contribution < 1.29 is 9.21 Å². The zero-order valence-corrected chi connectivity index (χ0v) is 15.1. The molecule has 0 spiro atoms. The number of benzene rings is 1. The molecule has 24 heavy (non-hydrogen) atoms. The van der Waals surface area contributed by atoms with Crippen LogP contribution < -0.4 is 5.32 Å². The Bertz CT molecular complexity index is 852. The molecule has 2 aromatic heterocycles. The Morgan fingerprint density at radius 1 is 1.21 bits per heavy atom. The lowest BCUT2D eigenvalue weighted by Gasteiger charge is -2.00. The van der Waals surface area contributed by atoms with Crippen molar-refractivity contribution in [3.8, 4) is 11.5 Å². The number of thioether (sulfide) groups is 1. The molecule has 0 unspecified atom stereocenters. The van der Waals surface area contributed by atoms with E-state index in [1.54, 1.807) is 0 Å². The van der Waals surface area contributed by atoms with Gasteiger partial charge in [-0.25, -0.2) is 4.98 Å². The smallest absolute Gasteiger partial charge is 0.277 e. The van der Waals surface area contributed by atoms with Crippen LogP contribution in [-0.2, 0) is 4.79 Å². The minimum absolute atomic E-state index is 0.152. The van der Waals surface area contributed by atoms with E-state index in [0.29, 0.717) is 16.2 Å². The normalized spacial score (nSPS) is 10.8. The van der Waals surface area contributed by atoms with Gasteiger partial charge in [-0.2, -0.15) is 0 Å². The zero-order valence-electron chi connectivity index (χ0n) is 13.5. The minimum Gasteiger partial charge on any atom is -0.411 e. The molecular weight excluding hydrogens is 344 g/mol. The second-order valence-corrected chi connectivity index (χ2v) is 7.17. The van der Waals surface area contributed by atoms with Crippen molar-refractivity contribution in [3.05, 3.63) is 40.4 Å². The fourth-order valence-corrected chi connectivity index (χ4v) is 3.44. The molecule has 0 saturated heterocycles. The van der Waals surface area contributed by atoms with E-state index in [4.69, 9.17) is 4.42 Å². The number of anilines is 1. The number of rotatable bonds is 5. The van der Waals surface area contributed by atoms with Crippen molar-refractivity contribution in [2.45, 2.75) is 26.0 Å². The highest BCUT2D eigenvalue weighted by Gasteiger charge is 2.12. The molecule has 0 saturated carbocycles. The molecular formula is C16H16N4O2S2. The van der Waals surface area contributed by atoms with Gasteiger partial charge >= 0.3 is 0 Å². The molecule has 0 aliphatic rings. The molecule has 0 fully saturated rings. The van der Waals surface area contributed by atoms with E-state index in [2.05, 4.69) is 26.6 Å². The zero-order chi connectivity index (χ0) is 17.1. The predicted octanol–water partition coefficient (Wildman–Crippen LogP) is 3.85. The lowest BCUT2D eigenvalue weighted by molar-refractivity contribution is -0.113. The Labute approximate surface area is 147 Å². The number of aryl methyl sites for hydroxylation is 3. The number of nitrogens with zero attached hydrogens (tertiary/aromatic N) is 3. The van der Waals surface area contributed by atoms with Gasteiger partial charge in [-0.15, -0.1) is 21.5 Å². The van der Waals surface area contributed by atoms with Crippen molar-refractivity contribution >= 4 is 34.1 Å². The van der Waals surface area contributed by atoms with E-state index >= 15 is 0 Å². The van der Waals surface area contributed by atoms with Gasteiger partial charge in [0.25, 0.3) is 5.22 Å². The minimum atomic E-state index is -0.152. The van der Waals surface area contributed by atoms with E-state index in [1.807, 2.05) is 38.3 Å². The highest BCUT2D eigenvalue weighted by atomic mass is 32.2. The first-order valence-corrected chi connectivity index (χ1v) is 9.13. The Hall–Kier alpha value is -2.19. The largest absolute Gasteiger partial charge is 0.411 e. The Morgan fingerprint density at radius 3 is 2.62 bits per heavy atom. The number of carbonyl (C=O) groups is 1. The quantitative estimate of drug-likeness (QED) is 0.696. The van der Waals surface area contributed by atoms with Crippen LogP contribution in [0.4, 0.5) is 5.13 Å². The lowest BCUT2D eigenvalue weighted by Crippen LogP contribution is -2.13. The van der Waals surface area contributed by atoms with Crippen LogP contribution in [0.2, 0.25) is 0 Å². The van der Waals surface area contributed by atoms with E-state index in [1.165, 1.54) is 23.1 Å². The van der Waals surface area contributed by atoms with E-state index in [-0.39, 0.29) is 11.7 Å². The maximum absolute atomic E-state index is 11.9. The molecule has 8 heteroatoms. The number of carbonyl (C=O) groups excluding carboxylic acids is 1. The van der Waals surface area contributed by atoms with Crippen LogP contribution >= 0.6 is 23.1 Å². The highest BCUT2D eigenvalue weighted by molar-refractivity contribution is 7.99. The summed E-state index contributed by atoms with van der Waals surface area (Å²) < 4.78 is 5.63. The van der Waals surface area contributed by atoms with Gasteiger partial charge in [-0.1, -0.05) is 29.0 Å². The summed E-state index contributed by atoms with van der Waals surface area (Å²) in [4.78, 5) is 16.1. The van der Waals surface area contributed by atoms with Gasteiger partial charge in [-0.05, 0) is 32.9 Å². The molecule has 1 aromatic carbocycles. The van der Waals surface area contributed by atoms with Gasteiger partial charge < -0.3 is 9.73 Å². The van der Waals surface area contributed by atoms with Gasteiger partial charge in [0.1, 0.15) is 0 Å². The average molecular weight is 360 g/mol. The van der Waals surface area contributed by atoms with Crippen LogP contribution in [0.15, 0.2) is 33.2 Å².